The molecule has 1 atom stereocenters. The van der Waals surface area contributed by atoms with Crippen LogP contribution in [-0.4, -0.2) is 42.0 Å². The van der Waals surface area contributed by atoms with Crippen LogP contribution < -0.4 is 14.8 Å². The van der Waals surface area contributed by atoms with Gasteiger partial charge in [-0.15, -0.1) is 0 Å². The third-order valence-electron chi connectivity index (χ3n) is 7.70. The van der Waals surface area contributed by atoms with Crippen LogP contribution in [0.25, 0.3) is 0 Å². The van der Waals surface area contributed by atoms with Gasteiger partial charge in [0.1, 0.15) is 19.3 Å². The number of nitrogens with zero attached hydrogens (tertiary/aromatic N) is 1. The minimum absolute atomic E-state index is 0.0745. The number of ether oxygens (including phenoxy) is 2. The maximum Gasteiger partial charge on any atom is 0.243 e. The molecule has 1 saturated carbocycles. The zero-order valence-electron chi connectivity index (χ0n) is 22.8. The van der Waals surface area contributed by atoms with E-state index in [1.807, 2.05) is 72.8 Å². The first kappa shape index (κ1) is 28.0. The van der Waals surface area contributed by atoms with Gasteiger partial charge in [0, 0.05) is 30.5 Å². The number of hydrogen-bond acceptors (Lipinski definition) is 4. The summed E-state index contributed by atoms with van der Waals surface area (Å²) in [6, 6.07) is 22.8. The van der Waals surface area contributed by atoms with Gasteiger partial charge in [0.05, 0.1) is 0 Å². The number of hydrogen-bond donors (Lipinski definition) is 1. The fourth-order valence-corrected chi connectivity index (χ4v) is 5.78. The van der Waals surface area contributed by atoms with E-state index in [0.29, 0.717) is 43.4 Å². The maximum atomic E-state index is 14.0. The van der Waals surface area contributed by atoms with Crippen LogP contribution in [0, 0.1) is 0 Å². The van der Waals surface area contributed by atoms with E-state index in [1.165, 1.54) is 6.42 Å². The average molecular weight is 561 g/mol. The van der Waals surface area contributed by atoms with E-state index >= 15 is 0 Å². The lowest BCUT2D eigenvalue weighted by atomic mass is 9.94. The highest BCUT2D eigenvalue weighted by atomic mass is 35.5. The first-order valence-electron chi connectivity index (χ1n) is 14.3. The second kappa shape index (κ2) is 13.7. The summed E-state index contributed by atoms with van der Waals surface area (Å²) in [5, 5.41) is 3.89. The van der Waals surface area contributed by atoms with Crippen LogP contribution in [0.15, 0.2) is 72.8 Å². The average Bonchev–Trinajstić information content (AvgIpc) is 2.98. The van der Waals surface area contributed by atoms with Crippen LogP contribution in [0.1, 0.15) is 55.2 Å². The topological polar surface area (TPSA) is 67.9 Å². The number of aryl methyl sites for hydroxylation is 1. The normalized spacial score (nSPS) is 15.7. The van der Waals surface area contributed by atoms with Crippen LogP contribution >= 0.6 is 11.6 Å². The van der Waals surface area contributed by atoms with Crippen molar-refractivity contribution in [2.75, 3.05) is 13.2 Å². The summed E-state index contributed by atoms with van der Waals surface area (Å²) < 4.78 is 11.4. The van der Waals surface area contributed by atoms with Crippen molar-refractivity contribution in [2.45, 2.75) is 70.0 Å². The van der Waals surface area contributed by atoms with E-state index < -0.39 is 6.04 Å². The number of benzene rings is 3. The molecule has 0 spiro atoms. The molecule has 210 valence electrons. The molecule has 0 unspecified atom stereocenters. The predicted molar refractivity (Wildman–Crippen MR) is 157 cm³/mol. The number of fused-ring (bicyclic) bond motifs is 1. The van der Waals surface area contributed by atoms with Gasteiger partial charge in [-0.1, -0.05) is 79.4 Å². The van der Waals surface area contributed by atoms with Crippen LogP contribution in [0.4, 0.5) is 0 Å². The zero-order chi connectivity index (χ0) is 27.7. The van der Waals surface area contributed by atoms with Gasteiger partial charge >= 0.3 is 0 Å². The van der Waals surface area contributed by atoms with Crippen LogP contribution in [0.3, 0.4) is 0 Å². The molecule has 7 heteroatoms. The molecule has 3 aromatic carbocycles. The van der Waals surface area contributed by atoms with E-state index in [2.05, 4.69) is 5.32 Å². The minimum Gasteiger partial charge on any atom is -0.486 e. The smallest absolute Gasteiger partial charge is 0.243 e. The van der Waals surface area contributed by atoms with Crippen molar-refractivity contribution in [3.05, 3.63) is 94.5 Å². The third kappa shape index (κ3) is 7.57. The molecule has 0 bridgehead atoms. The third-order valence-corrected chi connectivity index (χ3v) is 7.93. The standard InChI is InChI=1S/C33H37ClN2O4/c34-27-11-7-10-26(20-27)23-36(32(37)17-15-25-14-16-30-31(22-25)40-19-18-39-30)29(21-24-8-3-1-4-9-24)33(38)35-28-12-5-2-6-13-28/h1,3-4,7-11,14,16,20,22,28-29H,2,5-6,12-13,15,17-19,21,23H2,(H,35,38)/t29-/m0/s1. The Hall–Kier alpha value is -3.51. The molecular formula is C33H37ClN2O4. The molecule has 5 rings (SSSR count). The number of halogens is 1. The van der Waals surface area contributed by atoms with Crippen molar-refractivity contribution in [3.8, 4) is 11.5 Å². The first-order valence-corrected chi connectivity index (χ1v) is 14.7. The number of carbonyl (C=O) groups is 2. The van der Waals surface area contributed by atoms with Gasteiger partial charge < -0.3 is 19.7 Å². The fraction of sp³-hybridized carbons (Fsp3) is 0.394. The molecule has 0 radical (unpaired) electrons. The highest BCUT2D eigenvalue weighted by molar-refractivity contribution is 6.30. The minimum atomic E-state index is -0.643. The molecule has 40 heavy (non-hydrogen) atoms. The SMILES string of the molecule is O=C(NC1CCCCC1)[C@H](Cc1ccccc1)N(Cc1cccc(Cl)c1)C(=O)CCc1ccc2c(c1)OCCO2. The van der Waals surface area contributed by atoms with Crippen molar-refractivity contribution in [1.82, 2.24) is 10.2 Å². The molecular weight excluding hydrogens is 524 g/mol. The quantitative estimate of drug-likeness (QED) is 0.324. The molecule has 0 aromatic heterocycles. The molecule has 6 nitrogen and oxygen atoms in total. The van der Waals surface area contributed by atoms with Crippen LogP contribution in [-0.2, 0) is 29.0 Å². The summed E-state index contributed by atoms with van der Waals surface area (Å²) in [4.78, 5) is 29.6. The lowest BCUT2D eigenvalue weighted by molar-refractivity contribution is -0.141. The van der Waals surface area contributed by atoms with Gasteiger partial charge in [-0.05, 0) is 60.2 Å². The van der Waals surface area contributed by atoms with Gasteiger partial charge in [0.15, 0.2) is 11.5 Å². The Labute approximate surface area is 241 Å². The van der Waals surface area contributed by atoms with Crippen molar-refractivity contribution in [1.29, 1.82) is 0 Å². The van der Waals surface area contributed by atoms with Crippen molar-refractivity contribution < 1.29 is 19.1 Å². The van der Waals surface area contributed by atoms with Crippen molar-refractivity contribution in [2.24, 2.45) is 0 Å². The Kier molecular flexibility index (Phi) is 9.61. The summed E-state index contributed by atoms with van der Waals surface area (Å²) in [6.07, 6.45) is 6.65. The highest BCUT2D eigenvalue weighted by Gasteiger charge is 2.32. The molecule has 1 aliphatic heterocycles. The van der Waals surface area contributed by atoms with Crippen molar-refractivity contribution >= 4 is 23.4 Å². The lowest BCUT2D eigenvalue weighted by Crippen LogP contribution is -2.52. The molecule has 0 saturated heterocycles. The molecule has 3 aromatic rings. The Balaban J connectivity index is 1.39. The van der Waals surface area contributed by atoms with Crippen LogP contribution in [0.5, 0.6) is 11.5 Å². The summed E-state index contributed by atoms with van der Waals surface area (Å²) >= 11 is 6.30. The predicted octanol–water partition coefficient (Wildman–Crippen LogP) is 6.13. The second-order valence-electron chi connectivity index (χ2n) is 10.7. The molecule has 1 aliphatic carbocycles. The Morgan fingerprint density at radius 2 is 1.60 bits per heavy atom. The largest absolute Gasteiger partial charge is 0.486 e. The Morgan fingerprint density at radius 1 is 0.850 bits per heavy atom. The summed E-state index contributed by atoms with van der Waals surface area (Å²) in [6.45, 7) is 1.35. The van der Waals surface area contributed by atoms with Gasteiger partial charge in [-0.2, -0.15) is 0 Å². The number of carbonyl (C=O) groups excluding carboxylic acids is 2. The lowest BCUT2D eigenvalue weighted by Gasteiger charge is -2.33. The fourth-order valence-electron chi connectivity index (χ4n) is 5.57. The van der Waals surface area contributed by atoms with Gasteiger partial charge in [0.25, 0.3) is 0 Å². The molecule has 2 aliphatic rings. The van der Waals surface area contributed by atoms with Gasteiger partial charge in [-0.25, -0.2) is 0 Å². The van der Waals surface area contributed by atoms with Gasteiger partial charge in [0.2, 0.25) is 11.8 Å². The number of rotatable bonds is 10. The summed E-state index contributed by atoms with van der Waals surface area (Å²) in [7, 11) is 0. The van der Waals surface area contributed by atoms with Crippen LogP contribution in [0.2, 0.25) is 5.02 Å². The Morgan fingerprint density at radius 3 is 2.38 bits per heavy atom. The van der Waals surface area contributed by atoms with E-state index in [0.717, 1.165) is 48.1 Å². The summed E-state index contributed by atoms with van der Waals surface area (Å²) in [5.74, 6) is 1.27. The monoisotopic (exact) mass is 560 g/mol. The van der Waals surface area contributed by atoms with E-state index in [-0.39, 0.29) is 24.3 Å². The van der Waals surface area contributed by atoms with E-state index in [1.54, 1.807) is 4.90 Å². The van der Waals surface area contributed by atoms with E-state index in [9.17, 15) is 9.59 Å². The molecule has 1 fully saturated rings. The molecule has 2 amide bonds. The van der Waals surface area contributed by atoms with Gasteiger partial charge in [-0.3, -0.25) is 9.59 Å². The summed E-state index contributed by atoms with van der Waals surface area (Å²) in [5.41, 5.74) is 2.90. The molecule has 1 N–H and O–H groups in total. The first-order chi connectivity index (χ1) is 19.5. The molecule has 1 heterocycles. The second-order valence-corrected chi connectivity index (χ2v) is 11.1. The Bertz CT molecular complexity index is 1290. The van der Waals surface area contributed by atoms with E-state index in [4.69, 9.17) is 21.1 Å². The van der Waals surface area contributed by atoms with Crippen molar-refractivity contribution in [3.63, 3.8) is 0 Å². The maximum absolute atomic E-state index is 14.0. The zero-order valence-corrected chi connectivity index (χ0v) is 23.6. The number of amides is 2. The highest BCUT2D eigenvalue weighted by Crippen LogP contribution is 2.31. The number of nitrogens with one attached hydrogen (secondary N) is 1.